The number of nitrogens with zero attached hydrogens (tertiary/aromatic N) is 2. The zero-order valence-corrected chi connectivity index (χ0v) is 17.1. The summed E-state index contributed by atoms with van der Waals surface area (Å²) < 4.78 is 5.54. The van der Waals surface area contributed by atoms with Gasteiger partial charge in [0.05, 0.1) is 0 Å². The fraction of sp³-hybridized carbons (Fsp3) is 0.211. The number of hydrogen-bond donors (Lipinski definition) is 1. The largest absolute Gasteiger partial charge is 0.484 e. The molecule has 0 atom stereocenters. The first-order valence-electron chi connectivity index (χ1n) is 8.17. The molecule has 0 radical (unpaired) electrons. The highest BCUT2D eigenvalue weighted by Crippen LogP contribution is 2.26. The van der Waals surface area contributed by atoms with E-state index >= 15 is 0 Å². The number of ether oxygens (including phenoxy) is 1. The van der Waals surface area contributed by atoms with Gasteiger partial charge in [0.15, 0.2) is 6.61 Å². The third kappa shape index (κ3) is 5.42. The molecule has 0 spiro atoms. The van der Waals surface area contributed by atoms with Gasteiger partial charge in [0.25, 0.3) is 5.91 Å². The Labute approximate surface area is 171 Å². The zero-order chi connectivity index (χ0) is 19.4. The Balaban J connectivity index is 1.54. The van der Waals surface area contributed by atoms with Gasteiger partial charge in [-0.15, -0.1) is 10.2 Å². The molecular formula is C19H17Cl2N3O2S. The number of anilines is 1. The van der Waals surface area contributed by atoms with Gasteiger partial charge in [-0.3, -0.25) is 10.1 Å². The summed E-state index contributed by atoms with van der Waals surface area (Å²) in [5.74, 6) is 0.305. The number of benzene rings is 2. The molecule has 3 rings (SSSR count). The van der Waals surface area contributed by atoms with Crippen LogP contribution in [-0.4, -0.2) is 22.7 Å². The molecule has 3 aromatic rings. The van der Waals surface area contributed by atoms with Gasteiger partial charge in [-0.1, -0.05) is 46.7 Å². The molecule has 0 aliphatic carbocycles. The van der Waals surface area contributed by atoms with E-state index in [-0.39, 0.29) is 12.5 Å². The second kappa shape index (κ2) is 8.69. The Morgan fingerprint density at radius 1 is 1.11 bits per heavy atom. The molecule has 0 bridgehead atoms. The number of halogens is 2. The molecule has 1 aromatic heterocycles. The highest BCUT2D eigenvalue weighted by molar-refractivity contribution is 7.15. The van der Waals surface area contributed by atoms with Crippen molar-refractivity contribution in [1.29, 1.82) is 0 Å². The van der Waals surface area contributed by atoms with Gasteiger partial charge in [0, 0.05) is 16.5 Å². The first kappa shape index (κ1) is 19.6. The summed E-state index contributed by atoms with van der Waals surface area (Å²) in [6, 6.07) is 11.1. The Bertz CT molecular complexity index is 935. The van der Waals surface area contributed by atoms with E-state index in [9.17, 15) is 4.79 Å². The summed E-state index contributed by atoms with van der Waals surface area (Å²) in [5.41, 5.74) is 2.89. The second-order valence-corrected chi connectivity index (χ2v) is 7.89. The highest BCUT2D eigenvalue weighted by atomic mass is 35.5. The third-order valence-corrected chi connectivity index (χ3v) is 5.45. The van der Waals surface area contributed by atoms with Crippen LogP contribution >= 0.6 is 34.5 Å². The number of aryl methyl sites for hydroxylation is 2. The van der Waals surface area contributed by atoms with Gasteiger partial charge in [-0.05, 0) is 54.8 Å². The molecule has 0 aliphatic rings. The molecule has 140 valence electrons. The molecular weight excluding hydrogens is 405 g/mol. The molecule has 5 nitrogen and oxygen atoms in total. The normalized spacial score (nSPS) is 10.7. The smallest absolute Gasteiger partial charge is 0.264 e. The molecule has 0 aliphatic heterocycles. The number of nitrogens with one attached hydrogen (secondary N) is 1. The lowest BCUT2D eigenvalue weighted by atomic mass is 10.1. The summed E-state index contributed by atoms with van der Waals surface area (Å²) in [6.45, 7) is 3.67. The number of amides is 1. The quantitative estimate of drug-likeness (QED) is 0.603. The van der Waals surface area contributed by atoms with Crippen LogP contribution in [0.15, 0.2) is 36.4 Å². The fourth-order valence-corrected chi connectivity index (χ4v) is 3.47. The maximum absolute atomic E-state index is 12.1. The standard InChI is InChI=1S/C19H17Cl2N3O2S/c1-11-7-15(8-12(2)18(11)21)26-10-16(25)22-19-24-23-17(27-19)9-13-3-5-14(20)6-4-13/h3-8H,9-10H2,1-2H3,(H,22,24,25). The van der Waals surface area contributed by atoms with Crippen LogP contribution in [0, 0.1) is 13.8 Å². The first-order chi connectivity index (χ1) is 12.9. The minimum absolute atomic E-state index is 0.118. The lowest BCUT2D eigenvalue weighted by molar-refractivity contribution is -0.118. The number of aromatic nitrogens is 2. The van der Waals surface area contributed by atoms with Gasteiger partial charge >= 0.3 is 0 Å². The van der Waals surface area contributed by atoms with Crippen molar-refractivity contribution in [3.8, 4) is 5.75 Å². The molecule has 0 unspecified atom stereocenters. The average molecular weight is 422 g/mol. The van der Waals surface area contributed by atoms with E-state index in [1.807, 2.05) is 38.1 Å². The molecule has 1 amide bonds. The van der Waals surface area contributed by atoms with E-state index in [1.165, 1.54) is 11.3 Å². The summed E-state index contributed by atoms with van der Waals surface area (Å²) in [4.78, 5) is 12.1. The predicted octanol–water partition coefficient (Wildman–Crippen LogP) is 5.07. The van der Waals surface area contributed by atoms with Crippen LogP contribution in [0.25, 0.3) is 0 Å². The molecule has 0 saturated carbocycles. The van der Waals surface area contributed by atoms with Crippen molar-refractivity contribution in [1.82, 2.24) is 10.2 Å². The third-order valence-electron chi connectivity index (χ3n) is 3.76. The van der Waals surface area contributed by atoms with Crippen LogP contribution in [0.3, 0.4) is 0 Å². The fourth-order valence-electron chi connectivity index (χ4n) is 2.45. The van der Waals surface area contributed by atoms with Gasteiger partial charge in [-0.2, -0.15) is 0 Å². The molecule has 8 heteroatoms. The highest BCUT2D eigenvalue weighted by Gasteiger charge is 2.11. The molecule has 0 fully saturated rings. The number of carbonyl (C=O) groups excluding carboxylic acids is 1. The van der Waals surface area contributed by atoms with E-state index in [1.54, 1.807) is 12.1 Å². The summed E-state index contributed by atoms with van der Waals surface area (Å²) in [7, 11) is 0. The van der Waals surface area contributed by atoms with Crippen molar-refractivity contribution in [3.63, 3.8) is 0 Å². The first-order valence-corrected chi connectivity index (χ1v) is 9.74. The van der Waals surface area contributed by atoms with Crippen molar-refractivity contribution in [2.75, 3.05) is 11.9 Å². The van der Waals surface area contributed by atoms with Crippen molar-refractivity contribution in [2.24, 2.45) is 0 Å². The minimum Gasteiger partial charge on any atom is -0.484 e. The van der Waals surface area contributed by atoms with Crippen LogP contribution < -0.4 is 10.1 Å². The van der Waals surface area contributed by atoms with E-state index in [0.29, 0.717) is 27.3 Å². The minimum atomic E-state index is -0.297. The zero-order valence-electron chi connectivity index (χ0n) is 14.8. The van der Waals surface area contributed by atoms with Gasteiger partial charge < -0.3 is 4.74 Å². The number of rotatable bonds is 6. The maximum Gasteiger partial charge on any atom is 0.264 e. The summed E-state index contributed by atoms with van der Waals surface area (Å²) in [5, 5.41) is 13.4. The summed E-state index contributed by atoms with van der Waals surface area (Å²) in [6.07, 6.45) is 0.629. The Hall–Kier alpha value is -2.15. The van der Waals surface area contributed by atoms with Crippen LogP contribution in [0.5, 0.6) is 5.75 Å². The van der Waals surface area contributed by atoms with Gasteiger partial charge in [-0.25, -0.2) is 0 Å². The number of carbonyl (C=O) groups is 1. The number of hydrogen-bond acceptors (Lipinski definition) is 5. The van der Waals surface area contributed by atoms with Crippen LogP contribution in [-0.2, 0) is 11.2 Å². The molecule has 0 saturated heterocycles. The lowest BCUT2D eigenvalue weighted by Gasteiger charge is -2.09. The van der Waals surface area contributed by atoms with E-state index in [2.05, 4.69) is 15.5 Å². The van der Waals surface area contributed by atoms with Crippen molar-refractivity contribution < 1.29 is 9.53 Å². The Kier molecular flexibility index (Phi) is 6.31. The predicted molar refractivity (Wildman–Crippen MR) is 109 cm³/mol. The Morgan fingerprint density at radius 3 is 2.44 bits per heavy atom. The average Bonchev–Trinajstić information content (AvgIpc) is 3.06. The van der Waals surface area contributed by atoms with Crippen LogP contribution in [0.1, 0.15) is 21.7 Å². The van der Waals surface area contributed by atoms with Crippen LogP contribution in [0.2, 0.25) is 10.0 Å². The topological polar surface area (TPSA) is 64.1 Å². The molecule has 1 heterocycles. The van der Waals surface area contributed by atoms with Gasteiger partial charge in [0.1, 0.15) is 10.8 Å². The SMILES string of the molecule is Cc1cc(OCC(=O)Nc2nnc(Cc3ccc(Cl)cc3)s2)cc(C)c1Cl. The van der Waals surface area contributed by atoms with Crippen molar-refractivity contribution in [3.05, 3.63) is 68.1 Å². The second-order valence-electron chi connectivity index (χ2n) is 6.01. The monoisotopic (exact) mass is 421 g/mol. The lowest BCUT2D eigenvalue weighted by Crippen LogP contribution is -2.20. The van der Waals surface area contributed by atoms with E-state index in [0.717, 1.165) is 21.7 Å². The molecule has 2 aromatic carbocycles. The van der Waals surface area contributed by atoms with Crippen molar-refractivity contribution >= 4 is 45.6 Å². The molecule has 27 heavy (non-hydrogen) atoms. The molecule has 1 N–H and O–H groups in total. The summed E-state index contributed by atoms with van der Waals surface area (Å²) >= 11 is 13.3. The van der Waals surface area contributed by atoms with E-state index in [4.69, 9.17) is 27.9 Å². The van der Waals surface area contributed by atoms with Crippen LogP contribution in [0.4, 0.5) is 5.13 Å². The Morgan fingerprint density at radius 2 is 1.78 bits per heavy atom. The van der Waals surface area contributed by atoms with E-state index < -0.39 is 0 Å². The van der Waals surface area contributed by atoms with Gasteiger partial charge in [0.2, 0.25) is 5.13 Å². The van der Waals surface area contributed by atoms with Crippen molar-refractivity contribution in [2.45, 2.75) is 20.3 Å². The maximum atomic E-state index is 12.1.